The summed E-state index contributed by atoms with van der Waals surface area (Å²) >= 11 is 0. The van der Waals surface area contributed by atoms with Crippen molar-refractivity contribution in [3.8, 4) is 11.5 Å². The van der Waals surface area contributed by atoms with Crippen molar-refractivity contribution < 1.29 is 14.3 Å². The topological polar surface area (TPSA) is 61.3 Å². The number of benzene rings is 1. The second-order valence-electron chi connectivity index (χ2n) is 6.19. The fourth-order valence-corrected chi connectivity index (χ4v) is 2.59. The second kappa shape index (κ2) is 14.1. The van der Waals surface area contributed by atoms with E-state index >= 15 is 0 Å². The van der Waals surface area contributed by atoms with E-state index in [2.05, 4.69) is 30.4 Å². The fourth-order valence-electron chi connectivity index (χ4n) is 2.59. The van der Waals surface area contributed by atoms with Crippen LogP contribution in [0.4, 0.5) is 0 Å². The van der Waals surface area contributed by atoms with Crippen LogP contribution in [-0.4, -0.2) is 23.0 Å². The van der Waals surface area contributed by atoms with Gasteiger partial charge in [-0.05, 0) is 43.4 Å². The molecule has 2 rings (SSSR count). The van der Waals surface area contributed by atoms with E-state index in [0.29, 0.717) is 11.5 Å². The van der Waals surface area contributed by atoms with Gasteiger partial charge in [-0.2, -0.15) is 0 Å². The number of carbonyl (C=O) groups excluding carboxylic acids is 1. The number of ether oxygens (including phenoxy) is 2. The smallest absolute Gasteiger partial charge is 0.315 e. The maximum Gasteiger partial charge on any atom is 0.315 e. The molecule has 5 heteroatoms. The summed E-state index contributed by atoms with van der Waals surface area (Å²) in [5, 5.41) is 0. The van der Waals surface area contributed by atoms with E-state index in [1.165, 1.54) is 0 Å². The highest BCUT2D eigenvalue weighted by Crippen LogP contribution is 2.28. The van der Waals surface area contributed by atoms with Crippen LogP contribution in [-0.2, 0) is 24.1 Å². The minimum Gasteiger partial charge on any atom is -0.493 e. The molecule has 0 fully saturated rings. The summed E-state index contributed by atoms with van der Waals surface area (Å²) in [5.41, 5.74) is 3.33. The molecule has 0 spiro atoms. The van der Waals surface area contributed by atoms with Crippen LogP contribution in [0.3, 0.4) is 0 Å². The van der Waals surface area contributed by atoms with Gasteiger partial charge in [-0.25, -0.2) is 0 Å². The third-order valence-electron chi connectivity index (χ3n) is 4.05. The number of aromatic nitrogens is 2. The Morgan fingerprint density at radius 2 is 1.69 bits per heavy atom. The number of nitrogens with zero attached hydrogens (tertiary/aromatic N) is 2. The summed E-state index contributed by atoms with van der Waals surface area (Å²) < 4.78 is 10.5. The first-order valence-corrected chi connectivity index (χ1v) is 10.0. The first-order chi connectivity index (χ1) is 14.1. The molecule has 0 aliphatic carbocycles. The van der Waals surface area contributed by atoms with E-state index in [-0.39, 0.29) is 12.4 Å². The number of hydrogen-bond donors (Lipinski definition) is 0. The lowest BCUT2D eigenvalue weighted by Gasteiger charge is -2.09. The minimum absolute atomic E-state index is 0.269. The van der Waals surface area contributed by atoms with Crippen molar-refractivity contribution in [3.63, 3.8) is 0 Å². The van der Waals surface area contributed by atoms with E-state index in [4.69, 9.17) is 9.47 Å². The molecule has 1 heterocycles. The van der Waals surface area contributed by atoms with Crippen molar-refractivity contribution in [1.82, 2.24) is 9.97 Å². The monoisotopic (exact) mass is 396 g/mol. The van der Waals surface area contributed by atoms with Gasteiger partial charge in [0.2, 0.25) is 0 Å². The molecule has 5 nitrogen and oxygen atoms in total. The standard InChI is InChI=1S/C16H20O3.C8H12N2/c1-4-6-7-9-16(17)19-14-11-10-13(8-5-2)12-15(14)18-3;1-3-7-8(4-2)10-6-5-9-7/h5-7,10-12H,2,4,8-9H2,1,3H3;5-6H,3-4H2,1-2H3/b7-6+;. The number of esters is 1. The Bertz CT molecular complexity index is 777. The van der Waals surface area contributed by atoms with Gasteiger partial charge in [-0.3, -0.25) is 14.8 Å². The van der Waals surface area contributed by atoms with Crippen LogP contribution in [0.25, 0.3) is 0 Å². The van der Waals surface area contributed by atoms with Gasteiger partial charge in [0.05, 0.1) is 24.9 Å². The molecule has 2 aromatic rings. The maximum atomic E-state index is 11.6. The first-order valence-electron chi connectivity index (χ1n) is 10.0. The van der Waals surface area contributed by atoms with Crippen molar-refractivity contribution in [3.05, 3.63) is 72.4 Å². The lowest BCUT2D eigenvalue weighted by atomic mass is 10.1. The summed E-state index contributed by atoms with van der Waals surface area (Å²) in [6.45, 7) is 9.91. The predicted molar refractivity (Wildman–Crippen MR) is 117 cm³/mol. The Morgan fingerprint density at radius 3 is 2.21 bits per heavy atom. The van der Waals surface area contributed by atoms with Crippen molar-refractivity contribution in [2.24, 2.45) is 0 Å². The molecule has 156 valence electrons. The number of rotatable bonds is 9. The highest BCUT2D eigenvalue weighted by Gasteiger charge is 2.09. The van der Waals surface area contributed by atoms with Crippen molar-refractivity contribution in [1.29, 1.82) is 0 Å². The average molecular weight is 397 g/mol. The zero-order valence-corrected chi connectivity index (χ0v) is 18.0. The largest absolute Gasteiger partial charge is 0.493 e. The van der Waals surface area contributed by atoms with Gasteiger partial charge in [-0.15, -0.1) is 6.58 Å². The molecule has 0 atom stereocenters. The van der Waals surface area contributed by atoms with Gasteiger partial charge >= 0.3 is 5.97 Å². The zero-order chi connectivity index (χ0) is 21.5. The zero-order valence-electron chi connectivity index (χ0n) is 18.0. The quantitative estimate of drug-likeness (QED) is 0.327. The number of aryl methyl sites for hydroxylation is 2. The molecule has 0 radical (unpaired) electrons. The van der Waals surface area contributed by atoms with Crippen LogP contribution in [0.2, 0.25) is 0 Å². The molecule has 0 bridgehead atoms. The number of carbonyl (C=O) groups is 1. The predicted octanol–water partition coefficient (Wildman–Crippen LogP) is 5.29. The van der Waals surface area contributed by atoms with Crippen LogP contribution in [0.15, 0.2) is 55.4 Å². The Labute approximate surface area is 174 Å². The molecule has 1 aromatic carbocycles. The van der Waals surface area contributed by atoms with Crippen molar-refractivity contribution in [2.45, 2.75) is 52.9 Å². The SMILES string of the molecule is C=CCc1ccc(OC(=O)C/C=C/CC)c(OC)c1.CCc1nccnc1CC. The maximum absolute atomic E-state index is 11.6. The number of hydrogen-bond acceptors (Lipinski definition) is 5. The van der Waals surface area contributed by atoms with Crippen LogP contribution in [0, 0.1) is 0 Å². The third kappa shape index (κ3) is 8.73. The molecule has 1 aromatic heterocycles. The molecule has 0 amide bonds. The van der Waals surface area contributed by atoms with Gasteiger partial charge in [-0.1, -0.05) is 45.1 Å². The molecule has 0 aliphatic heterocycles. The van der Waals surface area contributed by atoms with E-state index in [1.807, 2.05) is 31.2 Å². The van der Waals surface area contributed by atoms with Gasteiger partial charge in [0.15, 0.2) is 11.5 Å². The van der Waals surface area contributed by atoms with E-state index in [9.17, 15) is 4.79 Å². The second-order valence-corrected chi connectivity index (χ2v) is 6.19. The van der Waals surface area contributed by atoms with Crippen LogP contribution < -0.4 is 9.47 Å². The van der Waals surface area contributed by atoms with Crippen LogP contribution in [0.1, 0.15) is 50.6 Å². The molecule has 0 saturated heterocycles. The number of methoxy groups -OCH3 is 1. The van der Waals surface area contributed by atoms with Crippen molar-refractivity contribution in [2.75, 3.05) is 7.11 Å². The van der Waals surface area contributed by atoms with Gasteiger partial charge in [0, 0.05) is 12.4 Å². The summed E-state index contributed by atoms with van der Waals surface area (Å²) in [7, 11) is 1.56. The fraction of sp³-hybridized carbons (Fsp3) is 0.375. The lowest BCUT2D eigenvalue weighted by Crippen LogP contribution is -2.07. The average Bonchev–Trinajstić information content (AvgIpc) is 2.75. The molecule has 0 N–H and O–H groups in total. The summed E-state index contributed by atoms with van der Waals surface area (Å²) in [6, 6.07) is 5.50. The molecule has 0 aliphatic rings. The Morgan fingerprint density at radius 1 is 1.03 bits per heavy atom. The van der Waals surface area contributed by atoms with E-state index < -0.39 is 0 Å². The number of allylic oxidation sites excluding steroid dienone is 2. The lowest BCUT2D eigenvalue weighted by molar-refractivity contribution is -0.133. The highest BCUT2D eigenvalue weighted by atomic mass is 16.6. The third-order valence-corrected chi connectivity index (χ3v) is 4.05. The van der Waals surface area contributed by atoms with E-state index in [1.54, 1.807) is 31.6 Å². The Kier molecular flexibility index (Phi) is 11.7. The van der Waals surface area contributed by atoms with Gasteiger partial charge in [0.25, 0.3) is 0 Å². The Balaban J connectivity index is 0.000000352. The molecule has 0 saturated carbocycles. The van der Waals surface area contributed by atoms with Gasteiger partial charge in [0.1, 0.15) is 0 Å². The normalized spacial score (nSPS) is 10.2. The minimum atomic E-state index is -0.292. The summed E-state index contributed by atoms with van der Waals surface area (Å²) in [6.07, 6.45) is 13.0. The molecular formula is C24H32N2O3. The molecule has 29 heavy (non-hydrogen) atoms. The Hall–Kier alpha value is -2.95. The molecular weight excluding hydrogens is 364 g/mol. The first kappa shape index (κ1) is 24.1. The van der Waals surface area contributed by atoms with Crippen LogP contribution >= 0.6 is 0 Å². The van der Waals surface area contributed by atoms with Crippen LogP contribution in [0.5, 0.6) is 11.5 Å². The summed E-state index contributed by atoms with van der Waals surface area (Å²) in [5.74, 6) is 0.719. The van der Waals surface area contributed by atoms with E-state index in [0.717, 1.165) is 42.6 Å². The van der Waals surface area contributed by atoms with Crippen molar-refractivity contribution >= 4 is 5.97 Å². The van der Waals surface area contributed by atoms with Gasteiger partial charge < -0.3 is 9.47 Å². The summed E-state index contributed by atoms with van der Waals surface area (Å²) in [4.78, 5) is 20.0. The molecule has 0 unspecified atom stereocenters. The highest BCUT2D eigenvalue weighted by molar-refractivity contribution is 5.74.